The summed E-state index contributed by atoms with van der Waals surface area (Å²) in [4.78, 5) is 4.18. The van der Waals surface area contributed by atoms with E-state index in [1.54, 1.807) is 6.07 Å². The van der Waals surface area contributed by atoms with E-state index < -0.39 is 0 Å². The largest absolute Gasteiger partial charge is 0.369 e. The van der Waals surface area contributed by atoms with E-state index in [1.807, 2.05) is 28.8 Å². The molecular weight excluding hydrogens is 265 g/mol. The van der Waals surface area contributed by atoms with E-state index in [0.29, 0.717) is 17.0 Å². The first kappa shape index (κ1) is 13.6. The number of nitrogens with two attached hydrogens (primary N) is 1. The number of imidazole rings is 1. The van der Waals surface area contributed by atoms with Gasteiger partial charge in [0.15, 0.2) is 5.82 Å². The van der Waals surface area contributed by atoms with Gasteiger partial charge in [-0.1, -0.05) is 45.0 Å². The van der Waals surface area contributed by atoms with Gasteiger partial charge in [0.2, 0.25) is 5.95 Å². The van der Waals surface area contributed by atoms with Gasteiger partial charge >= 0.3 is 0 Å². The molecule has 0 aliphatic carbocycles. The number of aromatic nitrogens is 2. The number of nitrogen functional groups attached to an aromatic ring is 1. The number of benzene rings is 2. The molecule has 3 aromatic rings. The summed E-state index contributed by atoms with van der Waals surface area (Å²) in [7, 11) is 0. The van der Waals surface area contributed by atoms with Crippen LogP contribution in [-0.2, 0) is 5.41 Å². The Bertz CT molecular complexity index is 813. The number of hydrogen-bond acceptors (Lipinski definition) is 2. The molecule has 3 rings (SSSR count). The Kier molecular flexibility index (Phi) is 2.97. The number of nitrogens with zero attached hydrogens (tertiary/aromatic N) is 2. The average Bonchev–Trinajstić information content (AvgIpc) is 2.75. The van der Waals surface area contributed by atoms with E-state index in [9.17, 15) is 4.39 Å². The molecule has 1 heterocycles. The quantitative estimate of drug-likeness (QED) is 0.732. The maximum atomic E-state index is 13.9. The van der Waals surface area contributed by atoms with Crippen LogP contribution in [0, 0.1) is 5.82 Å². The van der Waals surface area contributed by atoms with Gasteiger partial charge in [0.25, 0.3) is 0 Å². The van der Waals surface area contributed by atoms with Gasteiger partial charge in [0.05, 0.1) is 11.2 Å². The van der Waals surface area contributed by atoms with Crippen LogP contribution in [0.2, 0.25) is 0 Å². The minimum atomic E-state index is -0.355. The predicted molar refractivity (Wildman–Crippen MR) is 84.1 cm³/mol. The molecule has 0 saturated heterocycles. The summed E-state index contributed by atoms with van der Waals surface area (Å²) in [6, 6.07) is 12.9. The summed E-state index contributed by atoms with van der Waals surface area (Å²) in [6.45, 7) is 6.42. The molecule has 0 fully saturated rings. The van der Waals surface area contributed by atoms with Crippen LogP contribution < -0.4 is 5.73 Å². The highest BCUT2D eigenvalue weighted by molar-refractivity contribution is 5.81. The Balaban J connectivity index is 2.37. The summed E-state index contributed by atoms with van der Waals surface area (Å²) < 4.78 is 15.7. The van der Waals surface area contributed by atoms with Gasteiger partial charge < -0.3 is 5.73 Å². The fraction of sp³-hybridized carbons (Fsp3) is 0.235. The second kappa shape index (κ2) is 4.58. The van der Waals surface area contributed by atoms with Gasteiger partial charge in [0, 0.05) is 0 Å². The first-order valence-electron chi connectivity index (χ1n) is 6.92. The highest BCUT2D eigenvalue weighted by atomic mass is 19.1. The van der Waals surface area contributed by atoms with E-state index in [-0.39, 0.29) is 11.2 Å². The first-order valence-corrected chi connectivity index (χ1v) is 6.92. The lowest BCUT2D eigenvalue weighted by Gasteiger charge is -2.23. The van der Waals surface area contributed by atoms with Gasteiger partial charge in [0.1, 0.15) is 5.52 Å². The molecular formula is C17H18FN3. The minimum absolute atomic E-state index is 0.0487. The van der Waals surface area contributed by atoms with E-state index in [2.05, 4.69) is 31.8 Å². The van der Waals surface area contributed by atoms with Crippen molar-refractivity contribution in [1.82, 2.24) is 9.55 Å². The van der Waals surface area contributed by atoms with Crippen LogP contribution >= 0.6 is 0 Å². The van der Waals surface area contributed by atoms with Crippen molar-refractivity contribution in [2.45, 2.75) is 26.2 Å². The molecule has 2 N–H and O–H groups in total. The molecule has 0 aliphatic rings. The van der Waals surface area contributed by atoms with Gasteiger partial charge in [-0.3, -0.25) is 4.57 Å². The van der Waals surface area contributed by atoms with Crippen molar-refractivity contribution in [3.8, 4) is 5.69 Å². The lowest BCUT2D eigenvalue weighted by Crippen LogP contribution is -2.15. The van der Waals surface area contributed by atoms with E-state index in [4.69, 9.17) is 5.73 Å². The third-order valence-electron chi connectivity index (χ3n) is 3.61. The molecule has 4 heteroatoms. The summed E-state index contributed by atoms with van der Waals surface area (Å²) in [5.41, 5.74) is 9.07. The van der Waals surface area contributed by atoms with Crippen molar-refractivity contribution in [1.29, 1.82) is 0 Å². The molecule has 1 aromatic heterocycles. The second-order valence-corrected chi connectivity index (χ2v) is 6.18. The van der Waals surface area contributed by atoms with E-state index in [1.165, 1.54) is 6.07 Å². The van der Waals surface area contributed by atoms with Crippen LogP contribution in [0.3, 0.4) is 0 Å². The third-order valence-corrected chi connectivity index (χ3v) is 3.61. The van der Waals surface area contributed by atoms with Crippen molar-refractivity contribution < 1.29 is 4.39 Å². The van der Waals surface area contributed by atoms with Gasteiger partial charge in [-0.05, 0) is 29.2 Å². The molecule has 0 atom stereocenters. The van der Waals surface area contributed by atoms with Crippen LogP contribution in [0.4, 0.5) is 10.3 Å². The Labute approximate surface area is 123 Å². The summed E-state index contributed by atoms with van der Waals surface area (Å²) in [5.74, 6) is -0.0574. The number of anilines is 1. The maximum absolute atomic E-state index is 13.9. The molecule has 2 aromatic carbocycles. The number of rotatable bonds is 1. The Morgan fingerprint density at radius 2 is 1.76 bits per heavy atom. The van der Waals surface area contributed by atoms with Gasteiger partial charge in [-0.2, -0.15) is 0 Å². The van der Waals surface area contributed by atoms with Crippen LogP contribution in [0.5, 0.6) is 0 Å². The Morgan fingerprint density at radius 1 is 1.05 bits per heavy atom. The first-order chi connectivity index (χ1) is 9.89. The highest BCUT2D eigenvalue weighted by Gasteiger charge is 2.21. The third kappa shape index (κ3) is 2.17. The monoisotopic (exact) mass is 283 g/mol. The molecule has 21 heavy (non-hydrogen) atoms. The fourth-order valence-corrected chi connectivity index (χ4v) is 2.64. The topological polar surface area (TPSA) is 43.8 Å². The van der Waals surface area contributed by atoms with Crippen molar-refractivity contribution >= 4 is 17.0 Å². The van der Waals surface area contributed by atoms with Gasteiger partial charge in [-0.25, -0.2) is 9.37 Å². The van der Waals surface area contributed by atoms with E-state index >= 15 is 0 Å². The van der Waals surface area contributed by atoms with Crippen LogP contribution in [0.25, 0.3) is 16.7 Å². The zero-order valence-electron chi connectivity index (χ0n) is 12.4. The van der Waals surface area contributed by atoms with Crippen molar-refractivity contribution in [2.75, 3.05) is 5.73 Å². The molecule has 0 radical (unpaired) electrons. The van der Waals surface area contributed by atoms with Crippen molar-refractivity contribution in [2.24, 2.45) is 0 Å². The molecule has 3 nitrogen and oxygen atoms in total. The summed E-state index contributed by atoms with van der Waals surface area (Å²) >= 11 is 0. The van der Waals surface area contributed by atoms with Crippen molar-refractivity contribution in [3.05, 3.63) is 53.8 Å². The van der Waals surface area contributed by atoms with Crippen molar-refractivity contribution in [3.63, 3.8) is 0 Å². The molecule has 0 aliphatic heterocycles. The maximum Gasteiger partial charge on any atom is 0.206 e. The lowest BCUT2D eigenvalue weighted by atomic mass is 9.85. The number of halogens is 1. The summed E-state index contributed by atoms with van der Waals surface area (Å²) in [6.07, 6.45) is 0. The molecule has 0 saturated carbocycles. The van der Waals surface area contributed by atoms with Crippen LogP contribution in [-0.4, -0.2) is 9.55 Å². The zero-order valence-corrected chi connectivity index (χ0v) is 12.4. The average molecular weight is 283 g/mol. The number of para-hydroxylation sites is 2. The number of hydrogen-bond donors (Lipinski definition) is 1. The Morgan fingerprint density at radius 3 is 2.48 bits per heavy atom. The fourth-order valence-electron chi connectivity index (χ4n) is 2.64. The minimum Gasteiger partial charge on any atom is -0.369 e. The lowest BCUT2D eigenvalue weighted by molar-refractivity contribution is 0.587. The Hall–Kier alpha value is -2.36. The molecule has 0 amide bonds. The van der Waals surface area contributed by atoms with Gasteiger partial charge in [-0.15, -0.1) is 0 Å². The van der Waals surface area contributed by atoms with Crippen LogP contribution in [0.1, 0.15) is 26.3 Å². The molecule has 0 spiro atoms. The highest BCUT2D eigenvalue weighted by Crippen LogP contribution is 2.32. The summed E-state index contributed by atoms with van der Waals surface area (Å²) in [5, 5.41) is 0. The zero-order chi connectivity index (χ0) is 15.2. The predicted octanol–water partition coefficient (Wildman–Crippen LogP) is 4.04. The SMILES string of the molecule is CC(C)(C)c1ccccc1-n1c(N)nc2c(F)cccc21. The molecule has 108 valence electrons. The molecule has 0 bridgehead atoms. The standard InChI is InChI=1S/C17H18FN3/c1-17(2,3)11-7-4-5-9-13(11)21-14-10-6-8-12(18)15(14)20-16(21)19/h4-10H,1-3H3,(H2,19,20). The second-order valence-electron chi connectivity index (χ2n) is 6.18. The smallest absolute Gasteiger partial charge is 0.206 e. The van der Waals surface area contributed by atoms with E-state index in [0.717, 1.165) is 11.3 Å². The molecule has 0 unspecified atom stereocenters. The normalized spacial score (nSPS) is 12.0. The van der Waals surface area contributed by atoms with Crippen LogP contribution in [0.15, 0.2) is 42.5 Å². The number of fused-ring (bicyclic) bond motifs is 1.